The van der Waals surface area contributed by atoms with Crippen LogP contribution in [0.2, 0.25) is 5.02 Å². The van der Waals surface area contributed by atoms with Crippen molar-refractivity contribution in [3.63, 3.8) is 0 Å². The van der Waals surface area contributed by atoms with Gasteiger partial charge in [-0.25, -0.2) is 22.6 Å². The maximum Gasteiger partial charge on any atom is 0.242 e. The summed E-state index contributed by atoms with van der Waals surface area (Å²) in [6.07, 6.45) is 6.46. The molecule has 4 aromatic rings. The van der Waals surface area contributed by atoms with E-state index in [1.54, 1.807) is 6.20 Å². The van der Waals surface area contributed by atoms with Gasteiger partial charge in [0.25, 0.3) is 0 Å². The Balaban J connectivity index is 1.51. The minimum Gasteiger partial charge on any atom is -0.394 e. The zero-order valence-corrected chi connectivity index (χ0v) is 21.5. The summed E-state index contributed by atoms with van der Waals surface area (Å²) in [5.41, 5.74) is 2.96. The molecule has 1 aromatic carbocycles. The summed E-state index contributed by atoms with van der Waals surface area (Å²) >= 11 is 6.06. The topological polar surface area (TPSA) is 130 Å². The first kappa shape index (κ1) is 25.3. The van der Waals surface area contributed by atoms with Crippen LogP contribution >= 0.6 is 11.6 Å². The highest BCUT2D eigenvalue weighted by Gasteiger charge is 2.30. The highest BCUT2D eigenvalue weighted by atomic mass is 35.5. The molecule has 0 atom stereocenters. The predicted octanol–water partition coefficient (Wildman–Crippen LogP) is 2.74. The fraction of sp³-hybridized carbons (Fsp3) is 0.269. The van der Waals surface area contributed by atoms with Crippen molar-refractivity contribution in [2.45, 2.75) is 36.1 Å². The van der Waals surface area contributed by atoms with Crippen molar-refractivity contribution >= 4 is 27.3 Å². The summed E-state index contributed by atoms with van der Waals surface area (Å²) in [6, 6.07) is 10.9. The molecule has 0 aliphatic heterocycles. The first-order chi connectivity index (χ1) is 17.7. The third kappa shape index (κ3) is 5.37. The average molecular weight is 538 g/mol. The van der Waals surface area contributed by atoms with Crippen LogP contribution in [-0.2, 0) is 10.0 Å². The van der Waals surface area contributed by atoms with Gasteiger partial charge in [0, 0.05) is 40.2 Å². The SMILES string of the molecule is CC(CO)(CO)NS(=O)(=O)c1cncc(C#Cc2cnn3c(C4CC4)cc(-c4ccc(Cl)cc4)nc23)c1. The second-order valence-corrected chi connectivity index (χ2v) is 11.4. The quantitative estimate of drug-likeness (QED) is 0.309. The van der Waals surface area contributed by atoms with Crippen LogP contribution < -0.4 is 4.72 Å². The number of rotatable bonds is 7. The van der Waals surface area contributed by atoms with E-state index in [2.05, 4.69) is 32.7 Å². The number of aliphatic hydroxyl groups is 2. The van der Waals surface area contributed by atoms with Crippen LogP contribution in [0.3, 0.4) is 0 Å². The Hall–Kier alpha value is -3.33. The fourth-order valence-corrected chi connectivity index (χ4v) is 5.29. The van der Waals surface area contributed by atoms with Gasteiger partial charge >= 0.3 is 0 Å². The molecular formula is C26H24ClN5O4S. The lowest BCUT2D eigenvalue weighted by Gasteiger charge is -2.25. The summed E-state index contributed by atoms with van der Waals surface area (Å²) in [6.45, 7) is 0.254. The van der Waals surface area contributed by atoms with Crippen LogP contribution in [0, 0.1) is 11.8 Å². The largest absolute Gasteiger partial charge is 0.394 e. The molecule has 3 aromatic heterocycles. The number of pyridine rings is 1. The molecule has 1 saturated carbocycles. The van der Waals surface area contributed by atoms with Crippen molar-refractivity contribution in [1.29, 1.82) is 0 Å². The Morgan fingerprint density at radius 3 is 2.51 bits per heavy atom. The van der Waals surface area contributed by atoms with E-state index >= 15 is 0 Å². The van der Waals surface area contributed by atoms with Gasteiger partial charge in [0.15, 0.2) is 5.65 Å². The van der Waals surface area contributed by atoms with E-state index < -0.39 is 28.8 Å². The van der Waals surface area contributed by atoms with Crippen molar-refractivity contribution in [3.05, 3.63) is 76.8 Å². The molecule has 11 heteroatoms. The van der Waals surface area contributed by atoms with Crippen molar-refractivity contribution in [2.24, 2.45) is 0 Å². The second-order valence-electron chi connectivity index (χ2n) is 9.28. The maximum absolute atomic E-state index is 12.8. The third-order valence-electron chi connectivity index (χ3n) is 6.08. The molecule has 37 heavy (non-hydrogen) atoms. The van der Waals surface area contributed by atoms with Gasteiger partial charge in [0.05, 0.1) is 36.2 Å². The second kappa shape index (κ2) is 9.85. The molecule has 9 nitrogen and oxygen atoms in total. The van der Waals surface area contributed by atoms with Gasteiger partial charge in [-0.1, -0.05) is 35.6 Å². The van der Waals surface area contributed by atoms with Crippen molar-refractivity contribution in [1.82, 2.24) is 24.3 Å². The van der Waals surface area contributed by atoms with Gasteiger partial charge in [0.1, 0.15) is 4.90 Å². The van der Waals surface area contributed by atoms with Crippen LogP contribution in [-0.4, -0.2) is 57.0 Å². The number of hydrogen-bond donors (Lipinski definition) is 3. The number of aromatic nitrogens is 4. The van der Waals surface area contributed by atoms with E-state index in [0.29, 0.717) is 27.7 Å². The van der Waals surface area contributed by atoms with E-state index in [0.717, 1.165) is 29.8 Å². The van der Waals surface area contributed by atoms with E-state index in [-0.39, 0.29) is 4.90 Å². The number of hydrogen-bond acceptors (Lipinski definition) is 7. The summed E-state index contributed by atoms with van der Waals surface area (Å²) < 4.78 is 29.7. The van der Waals surface area contributed by atoms with Crippen LogP contribution in [0.15, 0.2) is 59.9 Å². The van der Waals surface area contributed by atoms with Gasteiger partial charge in [-0.05, 0) is 44.0 Å². The highest BCUT2D eigenvalue weighted by Crippen LogP contribution is 2.41. The van der Waals surface area contributed by atoms with Crippen LogP contribution in [0.25, 0.3) is 16.9 Å². The Morgan fingerprint density at radius 1 is 1.11 bits per heavy atom. The Kier molecular flexibility index (Phi) is 6.74. The molecule has 1 fully saturated rings. The highest BCUT2D eigenvalue weighted by molar-refractivity contribution is 7.89. The molecular weight excluding hydrogens is 514 g/mol. The van der Waals surface area contributed by atoms with Gasteiger partial charge in [-0.15, -0.1) is 0 Å². The Morgan fingerprint density at radius 2 is 1.84 bits per heavy atom. The summed E-state index contributed by atoms with van der Waals surface area (Å²) in [4.78, 5) is 8.69. The lowest BCUT2D eigenvalue weighted by Crippen LogP contribution is -2.51. The van der Waals surface area contributed by atoms with Crippen LogP contribution in [0.4, 0.5) is 0 Å². The predicted molar refractivity (Wildman–Crippen MR) is 139 cm³/mol. The average Bonchev–Trinajstić information content (AvgIpc) is 3.67. The number of nitrogens with one attached hydrogen (secondary N) is 1. The third-order valence-corrected chi connectivity index (χ3v) is 7.94. The van der Waals surface area contributed by atoms with E-state index in [4.69, 9.17) is 16.6 Å². The first-order valence-electron chi connectivity index (χ1n) is 11.6. The normalized spacial score (nSPS) is 13.9. The zero-order valence-electron chi connectivity index (χ0n) is 19.9. The lowest BCUT2D eigenvalue weighted by atomic mass is 10.1. The molecule has 3 heterocycles. The van der Waals surface area contributed by atoms with Crippen LogP contribution in [0.1, 0.15) is 42.5 Å². The van der Waals surface area contributed by atoms with Crippen molar-refractivity contribution in [2.75, 3.05) is 13.2 Å². The standard InChI is InChI=1S/C26H24ClN5O4S/c1-26(15-33,16-34)31-37(35,36)22-10-17(12-28-14-22)2-3-20-13-29-32-24(19-4-5-19)11-23(30-25(20)32)18-6-8-21(27)9-7-18/h6-14,19,31,33-34H,4-5,15-16H2,1H3. The molecule has 0 amide bonds. The molecule has 0 unspecified atom stereocenters. The van der Waals surface area contributed by atoms with Crippen LogP contribution in [0.5, 0.6) is 0 Å². The van der Waals surface area contributed by atoms with Gasteiger partial charge < -0.3 is 10.2 Å². The monoisotopic (exact) mass is 537 g/mol. The number of nitrogens with zero attached hydrogens (tertiary/aromatic N) is 4. The number of sulfonamides is 1. The molecule has 0 saturated heterocycles. The Bertz CT molecular complexity index is 1630. The van der Waals surface area contributed by atoms with E-state index in [9.17, 15) is 18.6 Å². The van der Waals surface area contributed by atoms with Crippen molar-refractivity contribution in [3.8, 4) is 23.1 Å². The smallest absolute Gasteiger partial charge is 0.242 e. The first-order valence-corrected chi connectivity index (χ1v) is 13.4. The minimum atomic E-state index is -4.06. The molecule has 1 aliphatic rings. The minimum absolute atomic E-state index is 0.133. The maximum atomic E-state index is 12.8. The number of fused-ring (bicyclic) bond motifs is 1. The molecule has 0 spiro atoms. The van der Waals surface area contributed by atoms with E-state index in [1.165, 1.54) is 25.4 Å². The van der Waals surface area contributed by atoms with Gasteiger partial charge in [-0.2, -0.15) is 5.10 Å². The van der Waals surface area contributed by atoms with Gasteiger partial charge in [0.2, 0.25) is 10.0 Å². The zero-order chi connectivity index (χ0) is 26.2. The lowest BCUT2D eigenvalue weighted by molar-refractivity contribution is 0.121. The molecule has 0 bridgehead atoms. The number of halogens is 1. The molecule has 3 N–H and O–H groups in total. The van der Waals surface area contributed by atoms with Gasteiger partial charge in [-0.3, -0.25) is 4.98 Å². The summed E-state index contributed by atoms with van der Waals surface area (Å²) in [5.74, 6) is 6.43. The van der Waals surface area contributed by atoms with E-state index in [1.807, 2.05) is 28.8 Å². The number of aliphatic hydroxyl groups excluding tert-OH is 2. The molecule has 1 aliphatic carbocycles. The molecule has 190 valence electrons. The number of benzene rings is 1. The fourth-order valence-electron chi connectivity index (χ4n) is 3.78. The molecule has 0 radical (unpaired) electrons. The Labute approximate surface area is 219 Å². The molecule has 5 rings (SSSR count). The van der Waals surface area contributed by atoms with Crippen molar-refractivity contribution < 1.29 is 18.6 Å². The summed E-state index contributed by atoms with van der Waals surface area (Å²) in [7, 11) is -4.06. The summed E-state index contributed by atoms with van der Waals surface area (Å²) in [5, 5.41) is 24.1.